The Bertz CT molecular complexity index is 662. The summed E-state index contributed by atoms with van der Waals surface area (Å²) in [4.78, 5) is 12.6. The van der Waals surface area contributed by atoms with Gasteiger partial charge in [0.25, 0.3) is 5.56 Å². The van der Waals surface area contributed by atoms with Crippen LogP contribution < -0.4 is 15.6 Å². The van der Waals surface area contributed by atoms with Crippen molar-refractivity contribution in [3.63, 3.8) is 0 Å². The van der Waals surface area contributed by atoms with E-state index in [-0.39, 0.29) is 5.56 Å². The van der Waals surface area contributed by atoms with Crippen LogP contribution in [0.25, 0.3) is 11.3 Å². The Morgan fingerprint density at radius 2 is 1.95 bits per heavy atom. The van der Waals surface area contributed by atoms with Crippen LogP contribution in [-0.4, -0.2) is 18.7 Å². The van der Waals surface area contributed by atoms with E-state index in [1.165, 1.54) is 0 Å². The minimum atomic E-state index is 0.0645. The topological polar surface area (TPSA) is 43.3 Å². The van der Waals surface area contributed by atoms with Crippen LogP contribution in [0.2, 0.25) is 0 Å². The number of methoxy groups -OCH3 is 1. The lowest BCUT2D eigenvalue weighted by molar-refractivity contribution is 0.416. The molecule has 0 aliphatic rings. The Morgan fingerprint density at radius 1 is 1.19 bits per heavy atom. The molecule has 1 N–H and O–H groups in total. The van der Waals surface area contributed by atoms with Gasteiger partial charge in [0.15, 0.2) is 0 Å². The maximum atomic E-state index is 12.6. The number of rotatable bonds is 6. The summed E-state index contributed by atoms with van der Waals surface area (Å²) in [5.74, 6) is 0.781. The zero-order valence-corrected chi connectivity index (χ0v) is 12.8. The molecule has 112 valence electrons. The Kier molecular flexibility index (Phi) is 5.17. The van der Waals surface area contributed by atoms with E-state index in [1.54, 1.807) is 7.11 Å². The van der Waals surface area contributed by atoms with Gasteiger partial charge in [0.05, 0.1) is 12.8 Å². The molecule has 4 nitrogen and oxygen atoms in total. The molecule has 0 saturated carbocycles. The summed E-state index contributed by atoms with van der Waals surface area (Å²) in [5, 5.41) is 3.04. The van der Waals surface area contributed by atoms with Gasteiger partial charge in [0.2, 0.25) is 0 Å². The van der Waals surface area contributed by atoms with Crippen LogP contribution in [0.3, 0.4) is 0 Å². The average molecular weight is 286 g/mol. The zero-order valence-electron chi connectivity index (χ0n) is 12.8. The summed E-state index contributed by atoms with van der Waals surface area (Å²) >= 11 is 0. The SMILES string of the molecule is CCCn1c(-c2ccccc2OC)ccc(CNC)c1=O. The number of nitrogens with zero attached hydrogens (tertiary/aromatic N) is 1. The molecule has 0 radical (unpaired) electrons. The van der Waals surface area contributed by atoms with E-state index in [1.807, 2.05) is 48.0 Å². The Morgan fingerprint density at radius 3 is 2.62 bits per heavy atom. The first-order chi connectivity index (χ1) is 10.2. The van der Waals surface area contributed by atoms with Crippen molar-refractivity contribution in [1.82, 2.24) is 9.88 Å². The van der Waals surface area contributed by atoms with Crippen LogP contribution >= 0.6 is 0 Å². The second-order valence-electron chi connectivity index (χ2n) is 4.93. The molecule has 0 saturated heterocycles. The van der Waals surface area contributed by atoms with E-state index >= 15 is 0 Å². The molecular weight excluding hydrogens is 264 g/mol. The fourth-order valence-corrected chi connectivity index (χ4v) is 2.49. The Balaban J connectivity index is 2.63. The molecule has 0 bridgehead atoms. The van der Waals surface area contributed by atoms with E-state index in [0.717, 1.165) is 29.0 Å². The smallest absolute Gasteiger partial charge is 0.255 e. The van der Waals surface area contributed by atoms with Crippen molar-refractivity contribution >= 4 is 0 Å². The molecule has 1 heterocycles. The van der Waals surface area contributed by atoms with Gasteiger partial charge >= 0.3 is 0 Å². The molecule has 21 heavy (non-hydrogen) atoms. The number of hydrogen-bond donors (Lipinski definition) is 1. The van der Waals surface area contributed by atoms with Crippen LogP contribution in [-0.2, 0) is 13.1 Å². The average Bonchev–Trinajstić information content (AvgIpc) is 2.52. The predicted molar refractivity (Wildman–Crippen MR) is 85.7 cm³/mol. The highest BCUT2D eigenvalue weighted by molar-refractivity contribution is 5.67. The summed E-state index contributed by atoms with van der Waals surface area (Å²) < 4.78 is 7.26. The van der Waals surface area contributed by atoms with Crippen molar-refractivity contribution in [2.75, 3.05) is 14.2 Å². The molecule has 0 aliphatic heterocycles. The van der Waals surface area contributed by atoms with Crippen molar-refractivity contribution in [2.45, 2.75) is 26.4 Å². The number of hydrogen-bond acceptors (Lipinski definition) is 3. The largest absolute Gasteiger partial charge is 0.496 e. The normalized spacial score (nSPS) is 10.6. The van der Waals surface area contributed by atoms with Gasteiger partial charge < -0.3 is 14.6 Å². The van der Waals surface area contributed by atoms with Crippen molar-refractivity contribution in [3.05, 3.63) is 52.3 Å². The van der Waals surface area contributed by atoms with Gasteiger partial charge in [-0.1, -0.05) is 25.1 Å². The zero-order chi connectivity index (χ0) is 15.2. The van der Waals surface area contributed by atoms with Crippen LogP contribution in [0.5, 0.6) is 5.75 Å². The summed E-state index contributed by atoms with van der Waals surface area (Å²) in [6.07, 6.45) is 0.908. The van der Waals surface area contributed by atoms with Crippen LogP contribution in [0.4, 0.5) is 0 Å². The Hall–Kier alpha value is -2.07. The Labute approximate surface area is 125 Å². The number of ether oxygens (including phenoxy) is 1. The van der Waals surface area contributed by atoms with Crippen molar-refractivity contribution in [2.24, 2.45) is 0 Å². The summed E-state index contributed by atoms with van der Waals surface area (Å²) in [6.45, 7) is 3.35. The van der Waals surface area contributed by atoms with E-state index in [4.69, 9.17) is 4.74 Å². The lowest BCUT2D eigenvalue weighted by atomic mass is 10.1. The molecule has 2 aromatic rings. The van der Waals surface area contributed by atoms with Crippen molar-refractivity contribution in [1.29, 1.82) is 0 Å². The fraction of sp³-hybridized carbons (Fsp3) is 0.353. The molecule has 0 fully saturated rings. The highest BCUT2D eigenvalue weighted by atomic mass is 16.5. The second-order valence-corrected chi connectivity index (χ2v) is 4.93. The highest BCUT2D eigenvalue weighted by Crippen LogP contribution is 2.29. The molecule has 0 unspecified atom stereocenters. The summed E-state index contributed by atoms with van der Waals surface area (Å²) in [6, 6.07) is 11.7. The highest BCUT2D eigenvalue weighted by Gasteiger charge is 2.12. The fourth-order valence-electron chi connectivity index (χ4n) is 2.49. The van der Waals surface area contributed by atoms with Gasteiger partial charge in [-0.2, -0.15) is 0 Å². The maximum Gasteiger partial charge on any atom is 0.255 e. The molecule has 0 spiro atoms. The van der Waals surface area contributed by atoms with E-state index in [2.05, 4.69) is 12.2 Å². The van der Waals surface area contributed by atoms with Gasteiger partial charge in [0.1, 0.15) is 5.75 Å². The number of nitrogens with one attached hydrogen (secondary N) is 1. The first kappa shape index (κ1) is 15.3. The first-order valence-electron chi connectivity index (χ1n) is 7.23. The first-order valence-corrected chi connectivity index (χ1v) is 7.23. The molecule has 1 aromatic carbocycles. The lowest BCUT2D eigenvalue weighted by Crippen LogP contribution is -2.27. The quantitative estimate of drug-likeness (QED) is 0.888. The third kappa shape index (κ3) is 3.16. The molecule has 4 heteroatoms. The predicted octanol–water partition coefficient (Wildman–Crippen LogP) is 2.65. The standard InChI is InChI=1S/C17H22N2O2/c1-4-11-19-15(10-9-13(12-18-2)17(19)20)14-7-5-6-8-16(14)21-3/h5-10,18H,4,11-12H2,1-3H3. The monoisotopic (exact) mass is 286 g/mol. The number of benzene rings is 1. The minimum Gasteiger partial charge on any atom is -0.496 e. The van der Waals surface area contributed by atoms with Crippen LogP contribution in [0.1, 0.15) is 18.9 Å². The van der Waals surface area contributed by atoms with E-state index < -0.39 is 0 Å². The van der Waals surface area contributed by atoms with Crippen molar-refractivity contribution < 1.29 is 4.74 Å². The maximum absolute atomic E-state index is 12.6. The number of aromatic nitrogens is 1. The van der Waals surface area contributed by atoms with Crippen LogP contribution in [0.15, 0.2) is 41.2 Å². The van der Waals surface area contributed by atoms with Gasteiger partial charge in [-0.3, -0.25) is 4.79 Å². The molecule has 0 amide bonds. The molecular formula is C17H22N2O2. The van der Waals surface area contributed by atoms with Crippen LogP contribution in [0, 0.1) is 0 Å². The van der Waals surface area contributed by atoms with E-state index in [9.17, 15) is 4.79 Å². The third-order valence-electron chi connectivity index (χ3n) is 3.45. The van der Waals surface area contributed by atoms with E-state index in [0.29, 0.717) is 13.1 Å². The van der Waals surface area contributed by atoms with Gasteiger partial charge in [-0.25, -0.2) is 0 Å². The molecule has 0 aliphatic carbocycles. The summed E-state index contributed by atoms with van der Waals surface area (Å²) in [5.41, 5.74) is 2.69. The second kappa shape index (κ2) is 7.09. The molecule has 1 aromatic heterocycles. The molecule has 2 rings (SSSR count). The summed E-state index contributed by atoms with van der Waals surface area (Å²) in [7, 11) is 3.49. The molecule has 0 atom stereocenters. The van der Waals surface area contributed by atoms with Crippen molar-refractivity contribution in [3.8, 4) is 17.0 Å². The van der Waals surface area contributed by atoms with Gasteiger partial charge in [0, 0.05) is 24.2 Å². The van der Waals surface area contributed by atoms with Gasteiger partial charge in [-0.05, 0) is 31.7 Å². The van der Waals surface area contributed by atoms with Gasteiger partial charge in [-0.15, -0.1) is 0 Å². The lowest BCUT2D eigenvalue weighted by Gasteiger charge is -2.16. The minimum absolute atomic E-state index is 0.0645. The third-order valence-corrected chi connectivity index (χ3v) is 3.45. The number of para-hydroxylation sites is 1. The number of pyridine rings is 1.